The molecule has 0 bridgehead atoms. The number of rotatable bonds is 8. The highest BCUT2D eigenvalue weighted by Crippen LogP contribution is 2.18. The Morgan fingerprint density at radius 3 is 1.50 bits per heavy atom. The van der Waals surface area contributed by atoms with Gasteiger partial charge in [-0.25, -0.2) is 0 Å². The number of hydrogen-bond acceptors (Lipinski definition) is 3. The van der Waals surface area contributed by atoms with Gasteiger partial charge in [-0.2, -0.15) is 0 Å². The summed E-state index contributed by atoms with van der Waals surface area (Å²) in [6.07, 6.45) is 10.1. The van der Waals surface area contributed by atoms with Crippen LogP contribution in [0.15, 0.2) is 37.0 Å². The molecule has 0 saturated carbocycles. The molecular weight excluding hydrogens is 244 g/mol. The molecule has 0 saturated heterocycles. The highest BCUT2D eigenvalue weighted by Gasteiger charge is 2.45. The number of halogens is 1. The zero-order valence-electron chi connectivity index (χ0n) is 9.98. The van der Waals surface area contributed by atoms with Gasteiger partial charge < -0.3 is 13.3 Å². The van der Waals surface area contributed by atoms with Crippen LogP contribution in [0.3, 0.4) is 0 Å². The van der Waals surface area contributed by atoms with E-state index < -0.39 is 8.80 Å². The van der Waals surface area contributed by atoms with Crippen molar-refractivity contribution in [2.45, 2.75) is 26.8 Å². The Balaban J connectivity index is 4.70. The Morgan fingerprint density at radius 2 is 1.25 bits per heavy atom. The number of alkyl halides is 1. The first-order valence-corrected chi connectivity index (χ1v) is 7.64. The molecule has 0 fully saturated rings. The largest absolute Gasteiger partial charge is 0.699 e. The third kappa shape index (κ3) is 5.88. The van der Waals surface area contributed by atoms with E-state index in [1.54, 1.807) is 37.0 Å². The summed E-state index contributed by atoms with van der Waals surface area (Å²) in [6.45, 7) is 5.60. The van der Waals surface area contributed by atoms with Crippen molar-refractivity contribution in [3.8, 4) is 0 Å². The molecule has 16 heavy (non-hydrogen) atoms. The van der Waals surface area contributed by atoms with E-state index in [0.29, 0.717) is 11.9 Å². The summed E-state index contributed by atoms with van der Waals surface area (Å²) in [4.78, 5) is 0. The molecule has 0 aromatic rings. The number of hydrogen-bond donors (Lipinski definition) is 0. The second kappa shape index (κ2) is 9.36. The minimum Gasteiger partial charge on any atom is -0.490 e. The van der Waals surface area contributed by atoms with Crippen molar-refractivity contribution in [3.05, 3.63) is 37.0 Å². The molecule has 0 aliphatic carbocycles. The van der Waals surface area contributed by atoms with Gasteiger partial charge in [-0.3, -0.25) is 0 Å². The molecule has 0 aromatic heterocycles. The van der Waals surface area contributed by atoms with Gasteiger partial charge >= 0.3 is 8.80 Å². The summed E-state index contributed by atoms with van der Waals surface area (Å²) in [5.41, 5.74) is 0. The Morgan fingerprint density at radius 1 is 0.875 bits per heavy atom. The van der Waals surface area contributed by atoms with Crippen LogP contribution in [0.4, 0.5) is 0 Å². The Hall–Kier alpha value is -0.873. The molecular formula is C11H19ClO3Si. The van der Waals surface area contributed by atoms with Crippen LogP contribution in [0, 0.1) is 0 Å². The van der Waals surface area contributed by atoms with E-state index in [2.05, 4.69) is 0 Å². The minimum absolute atomic E-state index is 0.429. The molecule has 3 nitrogen and oxygen atoms in total. The van der Waals surface area contributed by atoms with Gasteiger partial charge in [0.15, 0.2) is 0 Å². The molecule has 0 N–H and O–H groups in total. The summed E-state index contributed by atoms with van der Waals surface area (Å²) < 4.78 is 16.7. The Kier molecular flexibility index (Phi) is 8.85. The smallest absolute Gasteiger partial charge is 0.490 e. The molecule has 5 heteroatoms. The fourth-order valence-corrected chi connectivity index (χ4v) is 3.37. The second-order valence-corrected chi connectivity index (χ2v) is 5.83. The highest BCUT2D eigenvalue weighted by molar-refractivity contribution is 6.62. The van der Waals surface area contributed by atoms with Crippen LogP contribution in [0.1, 0.15) is 20.8 Å². The first-order chi connectivity index (χ1) is 7.74. The predicted molar refractivity (Wildman–Crippen MR) is 69.0 cm³/mol. The third-order valence-corrected chi connectivity index (χ3v) is 4.41. The maximum Gasteiger partial charge on any atom is 0.699 e. The van der Waals surface area contributed by atoms with E-state index in [-0.39, 0.29) is 0 Å². The van der Waals surface area contributed by atoms with Crippen LogP contribution in [0.2, 0.25) is 6.04 Å². The van der Waals surface area contributed by atoms with E-state index in [4.69, 9.17) is 24.9 Å². The molecule has 0 radical (unpaired) electrons. The van der Waals surface area contributed by atoms with Gasteiger partial charge in [-0.05, 0) is 20.8 Å². The molecule has 0 spiro atoms. The lowest BCUT2D eigenvalue weighted by atomic mass is 10.7. The predicted octanol–water partition coefficient (Wildman–Crippen LogP) is 3.81. The summed E-state index contributed by atoms with van der Waals surface area (Å²) >= 11 is 5.75. The van der Waals surface area contributed by atoms with Crippen LogP contribution in [0.5, 0.6) is 0 Å². The molecule has 0 aromatic carbocycles. The lowest BCUT2D eigenvalue weighted by molar-refractivity contribution is 0.181. The zero-order valence-corrected chi connectivity index (χ0v) is 11.7. The van der Waals surface area contributed by atoms with E-state index in [1.807, 2.05) is 20.8 Å². The quantitative estimate of drug-likeness (QED) is 0.378. The monoisotopic (exact) mass is 262 g/mol. The van der Waals surface area contributed by atoms with Crippen molar-refractivity contribution in [2.75, 3.05) is 5.88 Å². The van der Waals surface area contributed by atoms with E-state index >= 15 is 0 Å². The Bertz CT molecular complexity index is 216. The zero-order chi connectivity index (χ0) is 12.3. The molecule has 0 aliphatic heterocycles. The summed E-state index contributed by atoms with van der Waals surface area (Å²) in [6, 6.07) is 0.549. The normalized spacial score (nSPS) is 15.8. The van der Waals surface area contributed by atoms with Gasteiger partial charge in [0, 0.05) is 5.88 Å². The summed E-state index contributed by atoms with van der Waals surface area (Å²) in [7, 11) is -2.75. The van der Waals surface area contributed by atoms with E-state index in [1.165, 1.54) is 0 Å². The van der Waals surface area contributed by atoms with Gasteiger partial charge in [-0.15, -0.1) is 11.6 Å². The first kappa shape index (κ1) is 15.1. The van der Waals surface area contributed by atoms with Crippen molar-refractivity contribution >= 4 is 20.4 Å². The van der Waals surface area contributed by atoms with Crippen LogP contribution in [0.25, 0.3) is 0 Å². The maximum atomic E-state index is 5.75. The van der Waals surface area contributed by atoms with Crippen molar-refractivity contribution in [2.24, 2.45) is 0 Å². The highest BCUT2D eigenvalue weighted by atomic mass is 35.5. The molecule has 0 amide bonds. The first-order valence-electron chi connectivity index (χ1n) is 5.17. The van der Waals surface area contributed by atoms with Crippen LogP contribution < -0.4 is 0 Å². The standard InChI is InChI=1S/C11H19ClO3Si/c1-4-8-13-16(11-7-12,14-9-5-2)15-10-6-3/h4-6,8-10H,7,11H2,1-3H3. The van der Waals surface area contributed by atoms with Crippen molar-refractivity contribution in [1.82, 2.24) is 0 Å². The van der Waals surface area contributed by atoms with E-state index in [0.717, 1.165) is 0 Å². The van der Waals surface area contributed by atoms with Crippen LogP contribution >= 0.6 is 11.6 Å². The number of allylic oxidation sites excluding steroid dienone is 3. The lowest BCUT2D eigenvalue weighted by Crippen LogP contribution is -2.42. The summed E-state index contributed by atoms with van der Waals surface area (Å²) in [5, 5.41) is 0. The Labute approximate surface area is 104 Å². The average Bonchev–Trinajstić information content (AvgIpc) is 2.31. The van der Waals surface area contributed by atoms with Crippen molar-refractivity contribution in [1.29, 1.82) is 0 Å². The average molecular weight is 263 g/mol. The molecule has 0 rings (SSSR count). The lowest BCUT2D eigenvalue weighted by Gasteiger charge is -2.24. The second-order valence-electron chi connectivity index (χ2n) is 2.88. The maximum absolute atomic E-state index is 5.75. The fourth-order valence-electron chi connectivity index (χ4n) is 0.891. The van der Waals surface area contributed by atoms with Crippen LogP contribution in [-0.2, 0) is 13.3 Å². The van der Waals surface area contributed by atoms with Gasteiger partial charge in [0.05, 0.1) is 24.8 Å². The SMILES string of the molecule is CC=CO[Si](CCCl)(OC=CC)OC=CC. The molecule has 92 valence electrons. The van der Waals surface area contributed by atoms with E-state index in [9.17, 15) is 0 Å². The molecule has 0 unspecified atom stereocenters. The molecule has 0 heterocycles. The summed E-state index contributed by atoms with van der Waals surface area (Å²) in [5.74, 6) is 0.429. The van der Waals surface area contributed by atoms with Gasteiger partial charge in [0.25, 0.3) is 0 Å². The van der Waals surface area contributed by atoms with Gasteiger partial charge in [0.1, 0.15) is 0 Å². The van der Waals surface area contributed by atoms with Crippen LogP contribution in [-0.4, -0.2) is 14.7 Å². The van der Waals surface area contributed by atoms with Crippen molar-refractivity contribution in [3.63, 3.8) is 0 Å². The van der Waals surface area contributed by atoms with Crippen molar-refractivity contribution < 1.29 is 13.3 Å². The topological polar surface area (TPSA) is 27.7 Å². The molecule has 0 aliphatic rings. The molecule has 0 atom stereocenters. The third-order valence-electron chi connectivity index (χ3n) is 1.55. The van der Waals surface area contributed by atoms with Gasteiger partial charge in [0.2, 0.25) is 0 Å². The fraction of sp³-hybridized carbons (Fsp3) is 0.455. The van der Waals surface area contributed by atoms with Gasteiger partial charge in [-0.1, -0.05) is 18.2 Å². The minimum atomic E-state index is -2.75.